The van der Waals surface area contributed by atoms with Gasteiger partial charge in [0.2, 0.25) is 0 Å². The number of carbonyl (C=O) groups is 1. The van der Waals surface area contributed by atoms with Gasteiger partial charge in [0.05, 0.1) is 6.61 Å². The topological polar surface area (TPSA) is 26.3 Å². The summed E-state index contributed by atoms with van der Waals surface area (Å²) in [7, 11) is 0. The molecule has 0 bridgehead atoms. The van der Waals surface area contributed by atoms with E-state index >= 15 is 0 Å². The molecule has 63 heavy (non-hydrogen) atoms. The first kappa shape index (κ1) is 62.2. The van der Waals surface area contributed by atoms with Crippen molar-refractivity contribution in [1.29, 1.82) is 0 Å². The minimum atomic E-state index is 0.0298. The molecular formula is C61H120O2. The van der Waals surface area contributed by atoms with Crippen LogP contribution in [0.3, 0.4) is 0 Å². The Balaban J connectivity index is 3.15. The van der Waals surface area contributed by atoms with Crippen LogP contribution in [0.25, 0.3) is 0 Å². The van der Waals surface area contributed by atoms with Crippen LogP contribution in [0, 0.1) is 5.92 Å². The predicted molar refractivity (Wildman–Crippen MR) is 285 cm³/mol. The molecule has 0 aromatic carbocycles. The minimum absolute atomic E-state index is 0.0298. The maximum absolute atomic E-state index is 12.1. The highest BCUT2D eigenvalue weighted by atomic mass is 16.5. The third-order valence-electron chi connectivity index (χ3n) is 14.1. The lowest BCUT2D eigenvalue weighted by Gasteiger charge is -2.06. The van der Waals surface area contributed by atoms with E-state index in [4.69, 9.17) is 4.74 Å². The summed E-state index contributed by atoms with van der Waals surface area (Å²) in [5.41, 5.74) is 0. The van der Waals surface area contributed by atoms with Crippen molar-refractivity contribution in [3.63, 3.8) is 0 Å². The van der Waals surface area contributed by atoms with Crippen molar-refractivity contribution in [2.45, 2.75) is 361 Å². The number of ether oxygens (including phenoxy) is 1. The molecule has 376 valence electrons. The van der Waals surface area contributed by atoms with Gasteiger partial charge in [-0.3, -0.25) is 4.79 Å². The molecule has 0 amide bonds. The fourth-order valence-corrected chi connectivity index (χ4v) is 9.62. The van der Waals surface area contributed by atoms with E-state index in [1.54, 1.807) is 0 Å². The zero-order chi connectivity index (χ0) is 45.5. The molecule has 0 spiro atoms. The Hall–Kier alpha value is -0.790. The number of esters is 1. The fraction of sp³-hybridized carbons (Fsp3) is 0.951. The zero-order valence-corrected chi connectivity index (χ0v) is 44.2. The molecule has 0 saturated carbocycles. The number of allylic oxidation sites excluding steroid dienone is 2. The molecule has 0 aliphatic heterocycles. The van der Waals surface area contributed by atoms with Crippen LogP contribution in [0.5, 0.6) is 0 Å². The normalized spacial score (nSPS) is 11.8. The summed E-state index contributed by atoms with van der Waals surface area (Å²) in [6.45, 7) is 7.62. The van der Waals surface area contributed by atoms with Crippen molar-refractivity contribution in [1.82, 2.24) is 0 Å². The molecule has 0 heterocycles. The van der Waals surface area contributed by atoms with Gasteiger partial charge in [-0.1, -0.05) is 328 Å². The van der Waals surface area contributed by atoms with Crippen molar-refractivity contribution in [3.05, 3.63) is 12.2 Å². The smallest absolute Gasteiger partial charge is 0.305 e. The fourth-order valence-electron chi connectivity index (χ4n) is 9.62. The minimum Gasteiger partial charge on any atom is -0.466 e. The molecule has 2 heteroatoms. The second kappa shape index (κ2) is 57.3. The summed E-state index contributed by atoms with van der Waals surface area (Å²) in [5, 5.41) is 0. The number of hydrogen-bond acceptors (Lipinski definition) is 2. The Morgan fingerprint density at radius 1 is 0.317 bits per heavy atom. The van der Waals surface area contributed by atoms with Crippen molar-refractivity contribution in [2.75, 3.05) is 6.61 Å². The lowest BCUT2D eigenvalue weighted by atomic mass is 10.0. The summed E-state index contributed by atoms with van der Waals surface area (Å²) in [4.78, 5) is 12.1. The van der Waals surface area contributed by atoms with Gasteiger partial charge in [-0.25, -0.2) is 0 Å². The highest BCUT2D eigenvalue weighted by molar-refractivity contribution is 5.69. The molecular weight excluding hydrogens is 765 g/mol. The molecule has 0 rings (SSSR count). The Labute approximate surface area is 399 Å². The highest BCUT2D eigenvalue weighted by Gasteiger charge is 2.03. The Kier molecular flexibility index (Phi) is 56.6. The summed E-state index contributed by atoms with van der Waals surface area (Å²) >= 11 is 0. The van der Waals surface area contributed by atoms with Crippen LogP contribution in [-0.4, -0.2) is 12.6 Å². The van der Waals surface area contributed by atoms with Gasteiger partial charge in [-0.2, -0.15) is 0 Å². The standard InChI is InChI=1S/C61H120O2/c1-4-5-6-7-8-9-10-11-12-13-30-34-37-40-43-46-49-52-55-58-61(62)63-59-56-53-50-47-44-41-38-35-32-29-27-25-23-21-19-17-15-14-16-18-20-22-24-26-28-31-33-36-39-42-45-48-51-54-57-60(2)3/h11-12,60H,4-10,13-59H2,1-3H3. The van der Waals surface area contributed by atoms with E-state index in [0.29, 0.717) is 13.0 Å². The average Bonchev–Trinajstić information content (AvgIpc) is 3.28. The van der Waals surface area contributed by atoms with Gasteiger partial charge in [-0.15, -0.1) is 0 Å². The molecule has 0 unspecified atom stereocenters. The van der Waals surface area contributed by atoms with Crippen molar-refractivity contribution in [3.8, 4) is 0 Å². The molecule has 0 aliphatic carbocycles. The van der Waals surface area contributed by atoms with E-state index < -0.39 is 0 Å². The number of unbranched alkanes of at least 4 members (excludes halogenated alkanes) is 48. The third kappa shape index (κ3) is 59.2. The monoisotopic (exact) mass is 885 g/mol. The van der Waals surface area contributed by atoms with Gasteiger partial charge in [0.15, 0.2) is 0 Å². The Morgan fingerprint density at radius 3 is 0.841 bits per heavy atom. The van der Waals surface area contributed by atoms with Crippen LogP contribution < -0.4 is 0 Å². The first-order valence-electron chi connectivity index (χ1n) is 30.0. The molecule has 0 aromatic heterocycles. The van der Waals surface area contributed by atoms with Crippen molar-refractivity contribution >= 4 is 5.97 Å². The van der Waals surface area contributed by atoms with Crippen LogP contribution in [0.2, 0.25) is 0 Å². The first-order valence-corrected chi connectivity index (χ1v) is 30.0. The summed E-state index contributed by atoms with van der Waals surface area (Å²) in [6.07, 6.45) is 78.4. The zero-order valence-electron chi connectivity index (χ0n) is 44.2. The van der Waals surface area contributed by atoms with E-state index in [2.05, 4.69) is 32.9 Å². The van der Waals surface area contributed by atoms with Gasteiger partial charge in [0, 0.05) is 6.42 Å². The van der Waals surface area contributed by atoms with Crippen LogP contribution in [0.4, 0.5) is 0 Å². The van der Waals surface area contributed by atoms with Crippen LogP contribution in [-0.2, 0) is 9.53 Å². The molecule has 0 radical (unpaired) electrons. The summed E-state index contributed by atoms with van der Waals surface area (Å²) in [5.74, 6) is 0.920. The van der Waals surface area contributed by atoms with E-state index in [1.807, 2.05) is 0 Å². The van der Waals surface area contributed by atoms with Crippen LogP contribution >= 0.6 is 0 Å². The summed E-state index contributed by atoms with van der Waals surface area (Å²) in [6, 6.07) is 0. The van der Waals surface area contributed by atoms with E-state index in [9.17, 15) is 4.79 Å². The van der Waals surface area contributed by atoms with Gasteiger partial charge in [0.25, 0.3) is 0 Å². The van der Waals surface area contributed by atoms with E-state index in [0.717, 1.165) is 18.8 Å². The maximum atomic E-state index is 12.1. The molecule has 0 atom stereocenters. The molecule has 0 saturated heterocycles. The lowest BCUT2D eigenvalue weighted by Crippen LogP contribution is -2.05. The SMILES string of the molecule is CCCCCCCCC=CCCCCCCCCCCCC(=O)OCCCCCCCCCCCCCCCCCCCCCCCCCCCCCCCCCCCCC(C)C. The Morgan fingerprint density at radius 2 is 0.556 bits per heavy atom. The molecule has 0 fully saturated rings. The number of rotatable bonds is 56. The predicted octanol–water partition coefficient (Wildman–Crippen LogP) is 22.4. The van der Waals surface area contributed by atoms with Gasteiger partial charge in [-0.05, 0) is 44.4 Å². The maximum Gasteiger partial charge on any atom is 0.305 e. The van der Waals surface area contributed by atoms with Gasteiger partial charge >= 0.3 is 5.97 Å². The molecule has 2 nitrogen and oxygen atoms in total. The second-order valence-electron chi connectivity index (χ2n) is 21.2. The first-order chi connectivity index (χ1) is 31.2. The quantitative estimate of drug-likeness (QED) is 0.0346. The highest BCUT2D eigenvalue weighted by Crippen LogP contribution is 2.19. The van der Waals surface area contributed by atoms with Crippen molar-refractivity contribution < 1.29 is 9.53 Å². The summed E-state index contributed by atoms with van der Waals surface area (Å²) < 4.78 is 5.51. The Bertz CT molecular complexity index is 846. The number of carbonyl (C=O) groups excluding carboxylic acids is 1. The molecule has 0 aliphatic rings. The van der Waals surface area contributed by atoms with Gasteiger partial charge in [0.1, 0.15) is 0 Å². The average molecular weight is 886 g/mol. The number of hydrogen-bond donors (Lipinski definition) is 0. The largest absolute Gasteiger partial charge is 0.466 e. The van der Waals surface area contributed by atoms with Gasteiger partial charge < -0.3 is 4.74 Å². The molecule has 0 aromatic rings. The van der Waals surface area contributed by atoms with E-state index in [-0.39, 0.29) is 5.97 Å². The van der Waals surface area contributed by atoms with Crippen molar-refractivity contribution in [2.24, 2.45) is 5.92 Å². The third-order valence-corrected chi connectivity index (χ3v) is 14.1. The van der Waals surface area contributed by atoms with Crippen LogP contribution in [0.15, 0.2) is 12.2 Å². The lowest BCUT2D eigenvalue weighted by molar-refractivity contribution is -0.143. The second-order valence-corrected chi connectivity index (χ2v) is 21.2. The molecule has 0 N–H and O–H groups in total. The van der Waals surface area contributed by atoms with E-state index in [1.165, 1.54) is 321 Å². The van der Waals surface area contributed by atoms with Crippen LogP contribution in [0.1, 0.15) is 361 Å².